The van der Waals surface area contributed by atoms with Crippen molar-refractivity contribution in [2.75, 3.05) is 0 Å². The molecule has 1 aliphatic rings. The van der Waals surface area contributed by atoms with E-state index in [0.29, 0.717) is 0 Å². The lowest BCUT2D eigenvalue weighted by molar-refractivity contribution is 0.138. The van der Waals surface area contributed by atoms with Gasteiger partial charge in [-0.1, -0.05) is 57.4 Å². The summed E-state index contributed by atoms with van der Waals surface area (Å²) in [5.41, 5.74) is 6.44. The van der Waals surface area contributed by atoms with Gasteiger partial charge in [-0.15, -0.1) is 0 Å². The van der Waals surface area contributed by atoms with Crippen LogP contribution in [0.4, 0.5) is 0 Å². The number of hydrogen-bond donors (Lipinski definition) is 0. The molecule has 0 fully saturated rings. The number of halogens is 1. The molecule has 0 spiro atoms. The van der Waals surface area contributed by atoms with Crippen molar-refractivity contribution in [2.45, 2.75) is 44.5 Å². The van der Waals surface area contributed by atoms with Crippen molar-refractivity contribution >= 4 is 15.9 Å². The second-order valence-corrected chi connectivity index (χ2v) is 7.60. The average Bonchev–Trinajstić information content (AvgIpc) is 2.69. The predicted molar refractivity (Wildman–Crippen MR) is 91.5 cm³/mol. The third-order valence-corrected chi connectivity index (χ3v) is 4.97. The molecule has 110 valence electrons. The van der Waals surface area contributed by atoms with Crippen LogP contribution >= 0.6 is 15.9 Å². The maximum atomic E-state index is 5.96. The molecule has 0 radical (unpaired) electrons. The molecule has 0 saturated heterocycles. The topological polar surface area (TPSA) is 9.23 Å². The van der Waals surface area contributed by atoms with Crippen LogP contribution in [-0.4, -0.2) is 5.60 Å². The number of aryl methyl sites for hydroxylation is 2. The second-order valence-electron chi connectivity index (χ2n) is 6.69. The number of alkyl halides is 1. The standard InChI is InChI=1S/C19H21BrO/c1-12-7-13(2)9-15(8-12)18(20)14-5-6-17-16(10-14)11-19(3,4)21-17/h5-10,18H,11H2,1-4H3. The van der Waals surface area contributed by atoms with Crippen LogP contribution in [0, 0.1) is 13.8 Å². The van der Waals surface area contributed by atoms with E-state index in [-0.39, 0.29) is 10.4 Å². The first kappa shape index (κ1) is 14.6. The summed E-state index contributed by atoms with van der Waals surface area (Å²) in [4.78, 5) is 0.227. The van der Waals surface area contributed by atoms with Gasteiger partial charge in [0.05, 0.1) is 4.83 Å². The number of rotatable bonds is 2. The Hall–Kier alpha value is -1.28. The van der Waals surface area contributed by atoms with E-state index < -0.39 is 0 Å². The van der Waals surface area contributed by atoms with Gasteiger partial charge in [0.2, 0.25) is 0 Å². The van der Waals surface area contributed by atoms with Gasteiger partial charge >= 0.3 is 0 Å². The molecule has 0 aromatic heterocycles. The van der Waals surface area contributed by atoms with Crippen molar-refractivity contribution < 1.29 is 4.74 Å². The normalized spacial score (nSPS) is 17.2. The van der Waals surface area contributed by atoms with E-state index in [1.54, 1.807) is 0 Å². The monoisotopic (exact) mass is 344 g/mol. The largest absolute Gasteiger partial charge is 0.487 e. The fraction of sp³-hybridized carbons (Fsp3) is 0.368. The molecule has 0 amide bonds. The summed E-state index contributed by atoms with van der Waals surface area (Å²) in [6.45, 7) is 8.58. The third-order valence-electron chi connectivity index (χ3n) is 3.92. The average molecular weight is 345 g/mol. The lowest BCUT2D eigenvalue weighted by Crippen LogP contribution is -2.24. The molecule has 0 bridgehead atoms. The highest BCUT2D eigenvalue weighted by Crippen LogP contribution is 2.39. The highest BCUT2D eigenvalue weighted by molar-refractivity contribution is 9.09. The van der Waals surface area contributed by atoms with Crippen molar-refractivity contribution in [3.63, 3.8) is 0 Å². The van der Waals surface area contributed by atoms with Crippen molar-refractivity contribution in [1.29, 1.82) is 0 Å². The molecule has 2 aromatic carbocycles. The minimum atomic E-state index is -0.0807. The molecule has 0 aliphatic carbocycles. The van der Waals surface area contributed by atoms with Gasteiger partial charge in [-0.05, 0) is 50.5 Å². The van der Waals surface area contributed by atoms with E-state index in [9.17, 15) is 0 Å². The lowest BCUT2D eigenvalue weighted by atomic mass is 9.96. The van der Waals surface area contributed by atoms with E-state index in [4.69, 9.17) is 4.74 Å². The van der Waals surface area contributed by atoms with E-state index in [1.165, 1.54) is 27.8 Å². The van der Waals surface area contributed by atoms with E-state index in [1.807, 2.05) is 0 Å². The Morgan fingerprint density at radius 3 is 2.33 bits per heavy atom. The van der Waals surface area contributed by atoms with Crippen molar-refractivity contribution in [3.8, 4) is 5.75 Å². The first-order chi connectivity index (χ1) is 9.84. The summed E-state index contributed by atoms with van der Waals surface area (Å²) < 4.78 is 5.96. The summed E-state index contributed by atoms with van der Waals surface area (Å²) in [5.74, 6) is 1.03. The first-order valence-electron chi connectivity index (χ1n) is 7.38. The van der Waals surface area contributed by atoms with E-state index in [0.717, 1.165) is 12.2 Å². The van der Waals surface area contributed by atoms with Gasteiger partial charge < -0.3 is 4.74 Å². The van der Waals surface area contributed by atoms with Crippen LogP contribution in [0.2, 0.25) is 0 Å². The zero-order valence-electron chi connectivity index (χ0n) is 13.0. The summed E-state index contributed by atoms with van der Waals surface area (Å²) in [6, 6.07) is 13.3. The SMILES string of the molecule is Cc1cc(C)cc(C(Br)c2ccc3c(c2)CC(C)(C)O3)c1. The molecule has 2 heteroatoms. The van der Waals surface area contributed by atoms with Gasteiger partial charge in [-0.25, -0.2) is 0 Å². The van der Waals surface area contributed by atoms with Crippen molar-refractivity contribution in [1.82, 2.24) is 0 Å². The molecule has 1 unspecified atom stereocenters. The van der Waals surface area contributed by atoms with Gasteiger partial charge in [0.1, 0.15) is 11.4 Å². The smallest absolute Gasteiger partial charge is 0.123 e. The number of benzene rings is 2. The molecule has 3 rings (SSSR count). The van der Waals surface area contributed by atoms with E-state index in [2.05, 4.69) is 80.0 Å². The van der Waals surface area contributed by atoms with Gasteiger partial charge in [0, 0.05) is 6.42 Å². The van der Waals surface area contributed by atoms with Crippen LogP contribution in [0.25, 0.3) is 0 Å². The molecular formula is C19H21BrO. The van der Waals surface area contributed by atoms with Crippen LogP contribution in [0.15, 0.2) is 36.4 Å². The van der Waals surface area contributed by atoms with Crippen LogP contribution in [0.3, 0.4) is 0 Å². The highest BCUT2D eigenvalue weighted by Gasteiger charge is 2.30. The molecule has 1 atom stereocenters. The molecule has 21 heavy (non-hydrogen) atoms. The molecule has 2 aromatic rings. The Morgan fingerprint density at radius 1 is 1.00 bits per heavy atom. The van der Waals surface area contributed by atoms with Gasteiger partial charge in [-0.2, -0.15) is 0 Å². The molecule has 0 N–H and O–H groups in total. The van der Waals surface area contributed by atoms with Crippen molar-refractivity contribution in [2.24, 2.45) is 0 Å². The third kappa shape index (κ3) is 3.01. The Balaban J connectivity index is 1.95. The van der Waals surface area contributed by atoms with Gasteiger partial charge in [0.15, 0.2) is 0 Å². The molecule has 1 heterocycles. The number of ether oxygens (including phenoxy) is 1. The predicted octanol–water partition coefficient (Wildman–Crippen LogP) is 5.50. The van der Waals surface area contributed by atoms with Crippen LogP contribution in [0.5, 0.6) is 5.75 Å². The molecule has 0 saturated carbocycles. The highest BCUT2D eigenvalue weighted by atomic mass is 79.9. The van der Waals surface area contributed by atoms with E-state index >= 15 is 0 Å². The van der Waals surface area contributed by atoms with Gasteiger partial charge in [-0.3, -0.25) is 0 Å². The van der Waals surface area contributed by atoms with Crippen LogP contribution in [0.1, 0.15) is 46.5 Å². The summed E-state index contributed by atoms with van der Waals surface area (Å²) in [6.07, 6.45) is 0.975. The summed E-state index contributed by atoms with van der Waals surface area (Å²) in [7, 11) is 0. The molecular weight excluding hydrogens is 324 g/mol. The Labute approximate surface area is 135 Å². The minimum absolute atomic E-state index is 0.0807. The fourth-order valence-corrected chi connectivity index (χ4v) is 3.68. The Bertz CT molecular complexity index is 668. The first-order valence-corrected chi connectivity index (χ1v) is 8.30. The number of hydrogen-bond acceptors (Lipinski definition) is 1. The lowest BCUT2D eigenvalue weighted by Gasteiger charge is -2.16. The zero-order chi connectivity index (χ0) is 15.2. The van der Waals surface area contributed by atoms with Crippen molar-refractivity contribution in [3.05, 3.63) is 64.2 Å². The zero-order valence-corrected chi connectivity index (χ0v) is 14.6. The maximum absolute atomic E-state index is 5.96. The molecule has 1 nitrogen and oxygen atoms in total. The summed E-state index contributed by atoms with van der Waals surface area (Å²) >= 11 is 3.86. The number of fused-ring (bicyclic) bond motifs is 1. The quantitative estimate of drug-likeness (QED) is 0.653. The second kappa shape index (κ2) is 5.17. The van der Waals surface area contributed by atoms with Gasteiger partial charge in [0.25, 0.3) is 0 Å². The minimum Gasteiger partial charge on any atom is -0.487 e. The molecule has 1 aliphatic heterocycles. The fourth-order valence-electron chi connectivity index (χ4n) is 3.14. The van der Waals surface area contributed by atoms with Crippen LogP contribution in [-0.2, 0) is 6.42 Å². The Kier molecular flexibility index (Phi) is 3.61. The Morgan fingerprint density at radius 2 is 1.67 bits per heavy atom. The summed E-state index contributed by atoms with van der Waals surface area (Å²) in [5, 5.41) is 0. The van der Waals surface area contributed by atoms with Crippen LogP contribution < -0.4 is 4.74 Å². The maximum Gasteiger partial charge on any atom is 0.123 e.